The van der Waals surface area contributed by atoms with Crippen LogP contribution in [0.3, 0.4) is 0 Å². The number of carbonyl (C=O) groups is 2. The lowest BCUT2D eigenvalue weighted by atomic mass is 10.3. The van der Waals surface area contributed by atoms with Gasteiger partial charge in [-0.15, -0.1) is 0 Å². The van der Waals surface area contributed by atoms with E-state index in [1.165, 1.54) is 6.07 Å². The lowest BCUT2D eigenvalue weighted by Gasteiger charge is -2.07. The van der Waals surface area contributed by atoms with Gasteiger partial charge in [-0.05, 0) is 30.3 Å². The van der Waals surface area contributed by atoms with Gasteiger partial charge in [-0.3, -0.25) is 4.79 Å². The maximum absolute atomic E-state index is 11.6. The molecule has 1 aromatic heterocycles. The molecule has 1 amide bonds. The first kappa shape index (κ1) is 16.0. The van der Waals surface area contributed by atoms with Crippen LogP contribution in [-0.2, 0) is 14.3 Å². The van der Waals surface area contributed by atoms with Gasteiger partial charge >= 0.3 is 5.97 Å². The normalized spacial score (nSPS) is 10.1. The first-order valence-electron chi connectivity index (χ1n) is 6.30. The number of hydrogen-bond acceptors (Lipinski definition) is 6. The number of esters is 1. The summed E-state index contributed by atoms with van der Waals surface area (Å²) in [5, 5.41) is 6.16. The van der Waals surface area contributed by atoms with E-state index in [0.717, 1.165) is 4.47 Å². The van der Waals surface area contributed by atoms with Crippen molar-refractivity contribution < 1.29 is 23.6 Å². The summed E-state index contributed by atoms with van der Waals surface area (Å²) in [7, 11) is 0. The average Bonchev–Trinajstić information content (AvgIpc) is 2.89. The third-order valence-electron chi connectivity index (χ3n) is 2.42. The number of halogens is 1. The Morgan fingerprint density at radius 1 is 1.32 bits per heavy atom. The molecule has 0 saturated carbocycles. The molecule has 22 heavy (non-hydrogen) atoms. The van der Waals surface area contributed by atoms with Crippen LogP contribution >= 0.6 is 15.9 Å². The first-order valence-corrected chi connectivity index (χ1v) is 7.09. The van der Waals surface area contributed by atoms with Crippen LogP contribution < -0.4 is 10.1 Å². The monoisotopic (exact) mass is 368 g/mol. The van der Waals surface area contributed by atoms with Gasteiger partial charge in [0.1, 0.15) is 5.76 Å². The van der Waals surface area contributed by atoms with E-state index >= 15 is 0 Å². The van der Waals surface area contributed by atoms with Crippen LogP contribution in [0.25, 0.3) is 0 Å². The van der Waals surface area contributed by atoms with Gasteiger partial charge < -0.3 is 19.3 Å². The van der Waals surface area contributed by atoms with Gasteiger partial charge in [0.25, 0.3) is 11.8 Å². The summed E-state index contributed by atoms with van der Waals surface area (Å²) in [4.78, 5) is 23.1. The Hall–Kier alpha value is -2.35. The Bertz CT molecular complexity index is 671. The summed E-state index contributed by atoms with van der Waals surface area (Å²) in [5.41, 5.74) is 0.602. The molecule has 8 heteroatoms. The van der Waals surface area contributed by atoms with Crippen molar-refractivity contribution in [2.24, 2.45) is 0 Å². The van der Waals surface area contributed by atoms with E-state index in [1.54, 1.807) is 25.1 Å². The number of aromatic nitrogens is 1. The van der Waals surface area contributed by atoms with Gasteiger partial charge in [-0.2, -0.15) is 0 Å². The summed E-state index contributed by atoms with van der Waals surface area (Å²) in [6, 6.07) is 8.60. The number of anilines is 1. The molecule has 1 aromatic carbocycles. The Morgan fingerprint density at radius 2 is 2.14 bits per heavy atom. The largest absolute Gasteiger partial charge is 0.463 e. The molecule has 0 spiro atoms. The molecule has 0 aliphatic rings. The van der Waals surface area contributed by atoms with Crippen molar-refractivity contribution in [2.45, 2.75) is 6.92 Å². The highest BCUT2D eigenvalue weighted by Crippen LogP contribution is 2.15. The van der Waals surface area contributed by atoms with E-state index in [9.17, 15) is 9.59 Å². The summed E-state index contributed by atoms with van der Waals surface area (Å²) in [5.74, 6) is -0.362. The second-order valence-electron chi connectivity index (χ2n) is 4.28. The van der Waals surface area contributed by atoms with Crippen LogP contribution in [-0.4, -0.2) is 30.2 Å². The lowest BCUT2D eigenvalue weighted by Crippen LogP contribution is -2.23. The number of nitrogens with zero attached hydrogens (tertiary/aromatic N) is 1. The highest BCUT2D eigenvalue weighted by Gasteiger charge is 2.10. The molecular formula is C14H13BrN2O5. The Balaban J connectivity index is 1.70. The SMILES string of the molecule is Cc1cc(OCC(=O)OCC(=O)Nc2cccc(Br)c2)no1. The number of aryl methyl sites for hydroxylation is 1. The Labute approximate surface area is 134 Å². The van der Waals surface area contributed by atoms with Crippen molar-refractivity contribution in [2.75, 3.05) is 18.5 Å². The first-order chi connectivity index (χ1) is 10.5. The van der Waals surface area contributed by atoms with E-state index in [1.807, 2.05) is 6.07 Å². The van der Waals surface area contributed by atoms with Gasteiger partial charge in [0.2, 0.25) is 0 Å². The van der Waals surface area contributed by atoms with Crippen LogP contribution in [0.1, 0.15) is 5.76 Å². The quantitative estimate of drug-likeness (QED) is 0.786. The third-order valence-corrected chi connectivity index (χ3v) is 2.91. The molecule has 0 atom stereocenters. The summed E-state index contributed by atoms with van der Waals surface area (Å²) in [6.07, 6.45) is 0. The van der Waals surface area contributed by atoms with Crippen molar-refractivity contribution in [3.05, 3.63) is 40.6 Å². The lowest BCUT2D eigenvalue weighted by molar-refractivity contribution is -0.149. The second kappa shape index (κ2) is 7.60. The Kier molecular flexibility index (Phi) is 5.54. The molecule has 0 fully saturated rings. The van der Waals surface area contributed by atoms with Gasteiger partial charge in [-0.25, -0.2) is 4.79 Å². The molecule has 0 bridgehead atoms. The minimum Gasteiger partial charge on any atom is -0.463 e. The maximum Gasteiger partial charge on any atom is 0.344 e. The fraction of sp³-hybridized carbons (Fsp3) is 0.214. The highest BCUT2D eigenvalue weighted by atomic mass is 79.9. The molecule has 2 rings (SSSR count). The minimum atomic E-state index is -0.676. The van der Waals surface area contributed by atoms with Crippen LogP contribution in [0, 0.1) is 6.92 Å². The number of amides is 1. The van der Waals surface area contributed by atoms with Gasteiger partial charge in [0.05, 0.1) is 0 Å². The third kappa shape index (κ3) is 5.21. The molecule has 7 nitrogen and oxygen atoms in total. The van der Waals surface area contributed by atoms with Gasteiger partial charge in [0, 0.05) is 16.2 Å². The molecule has 1 N–H and O–H groups in total. The highest BCUT2D eigenvalue weighted by molar-refractivity contribution is 9.10. The maximum atomic E-state index is 11.6. The molecule has 0 aliphatic heterocycles. The molecule has 0 aliphatic carbocycles. The molecule has 1 heterocycles. The number of hydrogen-bond donors (Lipinski definition) is 1. The van der Waals surface area contributed by atoms with Crippen molar-refractivity contribution in [3.63, 3.8) is 0 Å². The van der Waals surface area contributed by atoms with Crippen molar-refractivity contribution in [1.82, 2.24) is 5.16 Å². The number of carbonyl (C=O) groups excluding carboxylic acids is 2. The number of benzene rings is 1. The molecular weight excluding hydrogens is 356 g/mol. The van der Waals surface area contributed by atoms with E-state index in [4.69, 9.17) is 14.0 Å². The van der Waals surface area contributed by atoms with Crippen LogP contribution in [0.2, 0.25) is 0 Å². The second-order valence-corrected chi connectivity index (χ2v) is 5.20. The summed E-state index contributed by atoms with van der Waals surface area (Å²) < 4.78 is 15.4. The zero-order valence-corrected chi connectivity index (χ0v) is 13.3. The number of rotatable bonds is 6. The topological polar surface area (TPSA) is 90.7 Å². The van der Waals surface area contributed by atoms with E-state index in [-0.39, 0.29) is 12.5 Å². The van der Waals surface area contributed by atoms with E-state index in [2.05, 4.69) is 26.4 Å². The molecule has 0 radical (unpaired) electrons. The average molecular weight is 369 g/mol. The minimum absolute atomic E-state index is 0.188. The smallest absolute Gasteiger partial charge is 0.344 e. The standard InChI is InChI=1S/C14H13BrN2O5/c1-9-5-13(17-22-9)20-8-14(19)21-7-12(18)16-11-4-2-3-10(15)6-11/h2-6H,7-8H2,1H3,(H,16,18). The van der Waals surface area contributed by atoms with Crippen LogP contribution in [0.4, 0.5) is 5.69 Å². The van der Waals surface area contributed by atoms with Crippen molar-refractivity contribution in [1.29, 1.82) is 0 Å². The zero-order valence-electron chi connectivity index (χ0n) is 11.7. The molecule has 0 unspecified atom stereocenters. The fourth-order valence-electron chi connectivity index (χ4n) is 1.50. The van der Waals surface area contributed by atoms with Gasteiger partial charge in [-0.1, -0.05) is 22.0 Å². The van der Waals surface area contributed by atoms with Crippen LogP contribution in [0.15, 0.2) is 39.3 Å². The molecule has 116 valence electrons. The Morgan fingerprint density at radius 3 is 2.82 bits per heavy atom. The van der Waals surface area contributed by atoms with Crippen molar-refractivity contribution in [3.8, 4) is 5.88 Å². The van der Waals surface area contributed by atoms with E-state index < -0.39 is 18.5 Å². The van der Waals surface area contributed by atoms with Crippen molar-refractivity contribution >= 4 is 33.5 Å². The summed E-state index contributed by atoms with van der Waals surface area (Å²) >= 11 is 3.29. The molecule has 0 saturated heterocycles. The summed E-state index contributed by atoms with van der Waals surface area (Å²) in [6.45, 7) is 0.952. The number of nitrogens with one attached hydrogen (secondary N) is 1. The number of ether oxygens (including phenoxy) is 2. The van der Waals surface area contributed by atoms with E-state index in [0.29, 0.717) is 11.4 Å². The van der Waals surface area contributed by atoms with Crippen LogP contribution in [0.5, 0.6) is 5.88 Å². The fourth-order valence-corrected chi connectivity index (χ4v) is 1.89. The predicted octanol–water partition coefficient (Wildman–Crippen LogP) is 2.31. The molecule has 2 aromatic rings. The zero-order chi connectivity index (χ0) is 15.9. The predicted molar refractivity (Wildman–Crippen MR) is 80.5 cm³/mol. The van der Waals surface area contributed by atoms with Gasteiger partial charge in [0.15, 0.2) is 13.2 Å².